The third kappa shape index (κ3) is 3.74. The van der Waals surface area contributed by atoms with Crippen LogP contribution < -0.4 is 5.32 Å². The predicted octanol–water partition coefficient (Wildman–Crippen LogP) is 4.02. The fourth-order valence-corrected chi connectivity index (χ4v) is 3.20. The van der Waals surface area contributed by atoms with Crippen LogP contribution in [-0.2, 0) is 0 Å². The zero-order chi connectivity index (χ0) is 14.4. The minimum Gasteiger partial charge on any atom is -0.366 e. The Hall–Kier alpha value is -1.05. The summed E-state index contributed by atoms with van der Waals surface area (Å²) in [7, 11) is 0. The van der Waals surface area contributed by atoms with Crippen molar-refractivity contribution in [3.8, 4) is 6.07 Å². The maximum absolute atomic E-state index is 9.69. The van der Waals surface area contributed by atoms with E-state index in [9.17, 15) is 5.26 Å². The molecule has 0 saturated carbocycles. The van der Waals surface area contributed by atoms with E-state index in [2.05, 4.69) is 39.1 Å². The highest BCUT2D eigenvalue weighted by atomic mass is 79.9. The molecule has 108 valence electrons. The van der Waals surface area contributed by atoms with Gasteiger partial charge in [0.05, 0.1) is 6.07 Å². The average Bonchev–Trinajstić information content (AvgIpc) is 2.66. The Morgan fingerprint density at radius 3 is 2.85 bits per heavy atom. The molecule has 1 aliphatic heterocycles. The van der Waals surface area contributed by atoms with Gasteiger partial charge in [0.25, 0.3) is 0 Å². The Kier molecular flexibility index (Phi) is 5.45. The molecule has 1 saturated heterocycles. The largest absolute Gasteiger partial charge is 0.366 e. The lowest BCUT2D eigenvalue weighted by molar-refractivity contribution is 0.283. The SMILES string of the molecule is CCCN1CCCC(C#N)(Nc2ccccc2Br)CC1. The average molecular weight is 336 g/mol. The van der Waals surface area contributed by atoms with Gasteiger partial charge < -0.3 is 10.2 Å². The van der Waals surface area contributed by atoms with E-state index in [0.717, 1.165) is 49.1 Å². The first-order valence-corrected chi connectivity index (χ1v) is 8.15. The summed E-state index contributed by atoms with van der Waals surface area (Å²) in [5.74, 6) is 0. The van der Waals surface area contributed by atoms with Gasteiger partial charge in [-0.3, -0.25) is 0 Å². The minimum atomic E-state index is -0.438. The Bertz CT molecular complexity index is 483. The molecule has 1 heterocycles. The van der Waals surface area contributed by atoms with E-state index in [1.165, 1.54) is 6.42 Å². The lowest BCUT2D eigenvalue weighted by Crippen LogP contribution is -2.38. The second-order valence-electron chi connectivity index (χ2n) is 5.49. The number of rotatable bonds is 4. The Morgan fingerprint density at radius 2 is 2.15 bits per heavy atom. The van der Waals surface area contributed by atoms with E-state index in [4.69, 9.17) is 0 Å². The van der Waals surface area contributed by atoms with Gasteiger partial charge in [0.15, 0.2) is 0 Å². The van der Waals surface area contributed by atoms with Crippen molar-refractivity contribution in [2.45, 2.75) is 38.1 Å². The number of anilines is 1. The van der Waals surface area contributed by atoms with Gasteiger partial charge in [-0.2, -0.15) is 5.26 Å². The number of nitriles is 1. The fourth-order valence-electron chi connectivity index (χ4n) is 2.82. The van der Waals surface area contributed by atoms with Gasteiger partial charge in [-0.15, -0.1) is 0 Å². The molecular formula is C16H22BrN3. The van der Waals surface area contributed by atoms with E-state index in [0.29, 0.717) is 0 Å². The molecule has 1 unspecified atom stereocenters. The molecular weight excluding hydrogens is 314 g/mol. The van der Waals surface area contributed by atoms with Gasteiger partial charge in [-0.25, -0.2) is 0 Å². The van der Waals surface area contributed by atoms with Crippen LogP contribution in [0.1, 0.15) is 32.6 Å². The molecule has 1 N–H and O–H groups in total. The maximum atomic E-state index is 9.69. The van der Waals surface area contributed by atoms with E-state index >= 15 is 0 Å². The summed E-state index contributed by atoms with van der Waals surface area (Å²) in [5, 5.41) is 13.2. The van der Waals surface area contributed by atoms with Crippen molar-refractivity contribution in [1.29, 1.82) is 5.26 Å². The molecule has 0 amide bonds. The molecule has 1 aliphatic rings. The van der Waals surface area contributed by atoms with Gasteiger partial charge in [0.2, 0.25) is 0 Å². The summed E-state index contributed by atoms with van der Waals surface area (Å²) in [5.41, 5.74) is 0.574. The maximum Gasteiger partial charge on any atom is 0.126 e. The Morgan fingerprint density at radius 1 is 1.35 bits per heavy atom. The quantitative estimate of drug-likeness (QED) is 0.903. The number of halogens is 1. The van der Waals surface area contributed by atoms with Crippen LogP contribution in [0.25, 0.3) is 0 Å². The third-order valence-corrected chi connectivity index (χ3v) is 4.63. The molecule has 2 rings (SSSR count). The number of para-hydroxylation sites is 1. The Labute approximate surface area is 130 Å². The highest BCUT2D eigenvalue weighted by molar-refractivity contribution is 9.10. The van der Waals surface area contributed by atoms with Gasteiger partial charge in [-0.05, 0) is 66.8 Å². The zero-order valence-electron chi connectivity index (χ0n) is 12.0. The van der Waals surface area contributed by atoms with Crippen LogP contribution in [0.4, 0.5) is 5.69 Å². The summed E-state index contributed by atoms with van der Waals surface area (Å²) in [6.07, 6.45) is 4.04. The number of nitrogens with one attached hydrogen (secondary N) is 1. The molecule has 4 heteroatoms. The fraction of sp³-hybridized carbons (Fsp3) is 0.562. The number of nitrogens with zero attached hydrogens (tertiary/aromatic N) is 2. The number of likely N-dealkylation sites (tertiary alicyclic amines) is 1. The van der Waals surface area contributed by atoms with Crippen LogP contribution in [0.2, 0.25) is 0 Å². The van der Waals surface area contributed by atoms with E-state index in [-0.39, 0.29) is 0 Å². The standard InChI is InChI=1S/C16H22BrN3/c1-2-10-20-11-5-8-16(13-18,9-12-20)19-15-7-4-3-6-14(15)17/h3-4,6-7,19H,2,5,8-12H2,1H3. The van der Waals surface area contributed by atoms with Crippen LogP contribution in [0, 0.1) is 11.3 Å². The second-order valence-corrected chi connectivity index (χ2v) is 6.35. The van der Waals surface area contributed by atoms with Gasteiger partial charge in [0, 0.05) is 16.7 Å². The van der Waals surface area contributed by atoms with Crippen molar-refractivity contribution in [3.05, 3.63) is 28.7 Å². The van der Waals surface area contributed by atoms with E-state index in [1.807, 2.05) is 24.3 Å². The van der Waals surface area contributed by atoms with Crippen molar-refractivity contribution in [3.63, 3.8) is 0 Å². The van der Waals surface area contributed by atoms with E-state index in [1.54, 1.807) is 0 Å². The van der Waals surface area contributed by atoms with Gasteiger partial charge in [-0.1, -0.05) is 19.1 Å². The third-order valence-electron chi connectivity index (χ3n) is 3.93. The van der Waals surface area contributed by atoms with E-state index < -0.39 is 5.54 Å². The lowest BCUT2D eigenvalue weighted by Gasteiger charge is -2.28. The molecule has 0 bridgehead atoms. The highest BCUT2D eigenvalue weighted by Gasteiger charge is 2.32. The molecule has 1 aromatic carbocycles. The molecule has 0 radical (unpaired) electrons. The summed E-state index contributed by atoms with van der Waals surface area (Å²) < 4.78 is 1.02. The molecule has 0 aromatic heterocycles. The number of hydrogen-bond donors (Lipinski definition) is 1. The predicted molar refractivity (Wildman–Crippen MR) is 86.7 cm³/mol. The van der Waals surface area contributed by atoms with Crippen molar-refractivity contribution >= 4 is 21.6 Å². The van der Waals surface area contributed by atoms with Crippen LogP contribution >= 0.6 is 15.9 Å². The van der Waals surface area contributed by atoms with Crippen LogP contribution in [0.15, 0.2) is 28.7 Å². The molecule has 0 aliphatic carbocycles. The zero-order valence-corrected chi connectivity index (χ0v) is 13.6. The summed E-state index contributed by atoms with van der Waals surface area (Å²) in [6.45, 7) is 5.45. The summed E-state index contributed by atoms with van der Waals surface area (Å²) >= 11 is 3.55. The summed E-state index contributed by atoms with van der Waals surface area (Å²) in [4.78, 5) is 2.47. The van der Waals surface area contributed by atoms with Gasteiger partial charge >= 0.3 is 0 Å². The molecule has 1 fully saturated rings. The highest BCUT2D eigenvalue weighted by Crippen LogP contribution is 2.30. The first kappa shape index (κ1) is 15.3. The minimum absolute atomic E-state index is 0.438. The van der Waals surface area contributed by atoms with Crippen LogP contribution in [0.5, 0.6) is 0 Å². The number of benzene rings is 1. The molecule has 0 spiro atoms. The normalized spacial score (nSPS) is 23.9. The molecule has 3 nitrogen and oxygen atoms in total. The lowest BCUT2D eigenvalue weighted by atomic mass is 9.92. The molecule has 1 atom stereocenters. The second kappa shape index (κ2) is 7.10. The van der Waals surface area contributed by atoms with Crippen molar-refractivity contribution in [2.75, 3.05) is 25.0 Å². The van der Waals surface area contributed by atoms with Crippen molar-refractivity contribution in [1.82, 2.24) is 4.90 Å². The van der Waals surface area contributed by atoms with Crippen molar-refractivity contribution in [2.24, 2.45) is 0 Å². The van der Waals surface area contributed by atoms with Crippen molar-refractivity contribution < 1.29 is 0 Å². The van der Waals surface area contributed by atoms with Crippen LogP contribution in [-0.4, -0.2) is 30.1 Å². The first-order valence-electron chi connectivity index (χ1n) is 7.35. The smallest absolute Gasteiger partial charge is 0.126 e. The summed E-state index contributed by atoms with van der Waals surface area (Å²) in [6, 6.07) is 10.6. The number of hydrogen-bond acceptors (Lipinski definition) is 3. The first-order chi connectivity index (χ1) is 9.69. The topological polar surface area (TPSA) is 39.1 Å². The van der Waals surface area contributed by atoms with Gasteiger partial charge in [0.1, 0.15) is 5.54 Å². The molecule has 1 aromatic rings. The monoisotopic (exact) mass is 335 g/mol. The molecule has 20 heavy (non-hydrogen) atoms. The Balaban J connectivity index is 2.10. The van der Waals surface area contributed by atoms with Crippen LogP contribution in [0.3, 0.4) is 0 Å².